The number of carbonyl (C=O) groups is 1. The van der Waals surface area contributed by atoms with Crippen LogP contribution in [0.5, 0.6) is 0 Å². The molecule has 0 unspecified atom stereocenters. The molecular weight excluding hydrogens is 240 g/mol. The fraction of sp³-hybridized carbons (Fsp3) is 0.600. The van der Waals surface area contributed by atoms with Crippen molar-refractivity contribution >= 4 is 11.8 Å². The number of pyridine rings is 1. The highest BCUT2D eigenvalue weighted by molar-refractivity contribution is 5.70. The first-order valence-electron chi connectivity index (χ1n) is 6.85. The molecule has 104 valence electrons. The molecule has 4 nitrogen and oxygen atoms in total. The summed E-state index contributed by atoms with van der Waals surface area (Å²) in [7, 11) is 0. The van der Waals surface area contributed by atoms with Gasteiger partial charge in [-0.05, 0) is 58.1 Å². The highest BCUT2D eigenvalue weighted by Gasteiger charge is 2.23. The summed E-state index contributed by atoms with van der Waals surface area (Å²) < 4.78 is 0. The Balaban J connectivity index is 2.22. The monoisotopic (exact) mass is 262 g/mol. The van der Waals surface area contributed by atoms with Crippen LogP contribution in [-0.4, -0.2) is 21.6 Å². The summed E-state index contributed by atoms with van der Waals surface area (Å²) in [6.45, 7) is 6.29. The molecule has 4 heteroatoms. The van der Waals surface area contributed by atoms with Gasteiger partial charge in [0.15, 0.2) is 0 Å². The number of carboxylic acid groups (broad SMARTS) is 1. The zero-order chi connectivity index (χ0) is 14.0. The van der Waals surface area contributed by atoms with Gasteiger partial charge in [0.05, 0.1) is 5.92 Å². The van der Waals surface area contributed by atoms with Gasteiger partial charge < -0.3 is 10.4 Å². The maximum atomic E-state index is 11.1. The van der Waals surface area contributed by atoms with Crippen LogP contribution in [0.3, 0.4) is 0 Å². The lowest BCUT2D eigenvalue weighted by Crippen LogP contribution is -2.27. The smallest absolute Gasteiger partial charge is 0.306 e. The van der Waals surface area contributed by atoms with E-state index in [1.807, 2.05) is 12.1 Å². The lowest BCUT2D eigenvalue weighted by molar-refractivity contribution is -0.141. The Kier molecular flexibility index (Phi) is 3.78. The van der Waals surface area contributed by atoms with E-state index in [1.54, 1.807) is 0 Å². The number of aromatic nitrogens is 1. The second-order valence-corrected chi connectivity index (χ2v) is 6.31. The predicted molar refractivity (Wildman–Crippen MR) is 75.4 cm³/mol. The summed E-state index contributed by atoms with van der Waals surface area (Å²) in [5.41, 5.74) is 2.12. The number of nitrogens with one attached hydrogen (secondary N) is 1. The Hall–Kier alpha value is -1.58. The summed E-state index contributed by atoms with van der Waals surface area (Å²) in [5, 5.41) is 12.5. The van der Waals surface area contributed by atoms with E-state index in [4.69, 9.17) is 5.11 Å². The molecule has 2 N–H and O–H groups in total. The minimum Gasteiger partial charge on any atom is -0.481 e. The van der Waals surface area contributed by atoms with Gasteiger partial charge in [-0.15, -0.1) is 0 Å². The first-order chi connectivity index (χ1) is 8.85. The van der Waals surface area contributed by atoms with E-state index in [2.05, 4.69) is 31.1 Å². The van der Waals surface area contributed by atoms with Gasteiger partial charge in [0, 0.05) is 11.2 Å². The van der Waals surface area contributed by atoms with Crippen LogP contribution >= 0.6 is 0 Å². The molecule has 0 aromatic carbocycles. The van der Waals surface area contributed by atoms with E-state index in [1.165, 1.54) is 0 Å². The Labute approximate surface area is 114 Å². The number of fused-ring (bicyclic) bond motifs is 1. The van der Waals surface area contributed by atoms with Crippen LogP contribution in [-0.2, 0) is 17.6 Å². The topological polar surface area (TPSA) is 62.2 Å². The number of aryl methyl sites for hydroxylation is 1. The van der Waals surface area contributed by atoms with Gasteiger partial charge in [0.2, 0.25) is 0 Å². The molecule has 1 aliphatic rings. The molecule has 0 bridgehead atoms. The van der Waals surface area contributed by atoms with Crippen LogP contribution in [0.1, 0.15) is 44.9 Å². The number of anilines is 1. The average molecular weight is 262 g/mol. The zero-order valence-corrected chi connectivity index (χ0v) is 11.9. The number of carboxylic acids is 1. The summed E-state index contributed by atoms with van der Waals surface area (Å²) in [6.07, 6.45) is 3.12. The number of hydrogen-bond donors (Lipinski definition) is 2. The van der Waals surface area contributed by atoms with Crippen molar-refractivity contribution in [1.82, 2.24) is 4.98 Å². The Morgan fingerprint density at radius 2 is 2.16 bits per heavy atom. The number of aliphatic carboxylic acids is 1. The van der Waals surface area contributed by atoms with Crippen molar-refractivity contribution in [3.8, 4) is 0 Å². The third-order valence-electron chi connectivity index (χ3n) is 3.35. The average Bonchev–Trinajstić information content (AvgIpc) is 2.48. The molecule has 0 radical (unpaired) electrons. The zero-order valence-electron chi connectivity index (χ0n) is 11.9. The lowest BCUT2D eigenvalue weighted by atomic mass is 9.98. The number of nitrogens with zero attached hydrogens (tertiary/aromatic N) is 1. The van der Waals surface area contributed by atoms with Gasteiger partial charge in [-0.25, -0.2) is 4.98 Å². The molecular formula is C15H22N2O2. The maximum Gasteiger partial charge on any atom is 0.306 e. The minimum absolute atomic E-state index is 0.0183. The van der Waals surface area contributed by atoms with E-state index in [0.717, 1.165) is 36.3 Å². The standard InChI is InChI=1S/C15H22N2O2/c1-15(2,3)17-13-8-7-10-9-11(14(18)19)5-4-6-12(10)16-13/h7-8,11H,4-6,9H2,1-3H3,(H,16,17)(H,18,19)/t11-/m0/s1. The Bertz CT molecular complexity index is 478. The van der Waals surface area contributed by atoms with Gasteiger partial charge in [-0.2, -0.15) is 0 Å². The van der Waals surface area contributed by atoms with Crippen molar-refractivity contribution in [2.24, 2.45) is 5.92 Å². The highest BCUT2D eigenvalue weighted by atomic mass is 16.4. The molecule has 1 aliphatic carbocycles. The third kappa shape index (κ3) is 3.69. The summed E-state index contributed by atoms with van der Waals surface area (Å²) in [4.78, 5) is 15.8. The van der Waals surface area contributed by atoms with Crippen molar-refractivity contribution in [3.05, 3.63) is 23.4 Å². The lowest BCUT2D eigenvalue weighted by Gasteiger charge is -2.22. The second kappa shape index (κ2) is 5.19. The van der Waals surface area contributed by atoms with Gasteiger partial charge in [0.1, 0.15) is 5.82 Å². The maximum absolute atomic E-state index is 11.1. The summed E-state index contributed by atoms with van der Waals surface area (Å²) in [6, 6.07) is 3.98. The molecule has 1 atom stereocenters. The highest BCUT2D eigenvalue weighted by Crippen LogP contribution is 2.25. The van der Waals surface area contributed by atoms with Crippen molar-refractivity contribution in [1.29, 1.82) is 0 Å². The quantitative estimate of drug-likeness (QED) is 0.804. The van der Waals surface area contributed by atoms with Crippen LogP contribution in [0.25, 0.3) is 0 Å². The number of rotatable bonds is 2. The normalized spacial score (nSPS) is 19.4. The molecule has 2 rings (SSSR count). The van der Waals surface area contributed by atoms with Crippen molar-refractivity contribution in [2.45, 2.75) is 52.0 Å². The largest absolute Gasteiger partial charge is 0.481 e. The van der Waals surface area contributed by atoms with Crippen molar-refractivity contribution in [3.63, 3.8) is 0 Å². The van der Waals surface area contributed by atoms with E-state index >= 15 is 0 Å². The molecule has 19 heavy (non-hydrogen) atoms. The first-order valence-corrected chi connectivity index (χ1v) is 6.85. The van der Waals surface area contributed by atoms with Crippen molar-refractivity contribution in [2.75, 3.05) is 5.32 Å². The molecule has 0 fully saturated rings. The van der Waals surface area contributed by atoms with E-state index < -0.39 is 5.97 Å². The van der Waals surface area contributed by atoms with Crippen LogP contribution in [0.4, 0.5) is 5.82 Å². The van der Waals surface area contributed by atoms with Crippen molar-refractivity contribution < 1.29 is 9.90 Å². The molecule has 0 saturated heterocycles. The Morgan fingerprint density at radius 1 is 1.42 bits per heavy atom. The SMILES string of the molecule is CC(C)(C)Nc1ccc2c(n1)CCC[C@H](C(=O)O)C2. The van der Waals surface area contributed by atoms with Gasteiger partial charge in [-0.3, -0.25) is 4.79 Å². The molecule has 0 saturated carbocycles. The molecule has 1 aromatic heterocycles. The van der Waals surface area contributed by atoms with E-state index in [0.29, 0.717) is 6.42 Å². The van der Waals surface area contributed by atoms with Gasteiger partial charge in [-0.1, -0.05) is 6.07 Å². The van der Waals surface area contributed by atoms with Crippen LogP contribution in [0.2, 0.25) is 0 Å². The van der Waals surface area contributed by atoms with E-state index in [-0.39, 0.29) is 11.5 Å². The first kappa shape index (κ1) is 13.8. The summed E-state index contributed by atoms with van der Waals surface area (Å²) >= 11 is 0. The second-order valence-electron chi connectivity index (χ2n) is 6.31. The molecule has 0 aliphatic heterocycles. The van der Waals surface area contributed by atoms with Crippen LogP contribution < -0.4 is 5.32 Å². The van der Waals surface area contributed by atoms with E-state index in [9.17, 15) is 4.79 Å². The van der Waals surface area contributed by atoms with Gasteiger partial charge >= 0.3 is 5.97 Å². The van der Waals surface area contributed by atoms with Crippen LogP contribution in [0.15, 0.2) is 12.1 Å². The summed E-state index contributed by atoms with van der Waals surface area (Å²) in [5.74, 6) is -0.0748. The predicted octanol–water partition coefficient (Wildman–Crippen LogP) is 2.87. The third-order valence-corrected chi connectivity index (χ3v) is 3.35. The van der Waals surface area contributed by atoms with Gasteiger partial charge in [0.25, 0.3) is 0 Å². The fourth-order valence-electron chi connectivity index (χ4n) is 2.48. The fourth-order valence-corrected chi connectivity index (χ4v) is 2.48. The Morgan fingerprint density at radius 3 is 2.79 bits per heavy atom. The molecule has 1 aromatic rings. The number of hydrogen-bond acceptors (Lipinski definition) is 3. The molecule has 0 spiro atoms. The van der Waals surface area contributed by atoms with Crippen LogP contribution in [0, 0.1) is 5.92 Å². The molecule has 1 heterocycles. The minimum atomic E-state index is -0.690. The molecule has 0 amide bonds.